The van der Waals surface area contributed by atoms with E-state index in [2.05, 4.69) is 61.9 Å². The Morgan fingerprint density at radius 1 is 0.844 bits per heavy atom. The van der Waals surface area contributed by atoms with Crippen molar-refractivity contribution in [3.05, 3.63) is 89.0 Å². The van der Waals surface area contributed by atoms with Crippen molar-refractivity contribution in [3.63, 3.8) is 0 Å². The second-order valence-corrected chi connectivity index (χ2v) is 14.5. The summed E-state index contributed by atoms with van der Waals surface area (Å²) in [6.45, 7) is 10.1. The summed E-state index contributed by atoms with van der Waals surface area (Å²) < 4.78 is 0. The van der Waals surface area contributed by atoms with E-state index in [1.54, 1.807) is 12.1 Å². The molecule has 238 valence electrons. The fraction of sp³-hybridized carbons (Fsp3) is 0.500. The van der Waals surface area contributed by atoms with Crippen molar-refractivity contribution in [3.8, 4) is 0 Å². The van der Waals surface area contributed by atoms with Crippen LogP contribution in [0.4, 0.5) is 0 Å². The van der Waals surface area contributed by atoms with Crippen LogP contribution >= 0.6 is 0 Å². The number of hydrogen-bond acceptors (Lipinski definition) is 4. The van der Waals surface area contributed by atoms with Crippen LogP contribution in [0.2, 0.25) is 0 Å². The first-order chi connectivity index (χ1) is 21.5. The predicted octanol–water partition coefficient (Wildman–Crippen LogP) is 6.02. The number of carboxylic acid groups (broad SMARTS) is 1. The molecule has 0 radical (unpaired) electrons. The van der Waals surface area contributed by atoms with E-state index in [1.165, 1.54) is 11.1 Å². The molecule has 7 heteroatoms. The van der Waals surface area contributed by atoms with Gasteiger partial charge in [0.1, 0.15) is 0 Å². The number of piperidine rings is 2. The van der Waals surface area contributed by atoms with Crippen molar-refractivity contribution in [1.82, 2.24) is 14.7 Å². The summed E-state index contributed by atoms with van der Waals surface area (Å²) in [5.41, 5.74) is 3.78. The Labute approximate surface area is 267 Å². The van der Waals surface area contributed by atoms with E-state index in [0.717, 1.165) is 43.4 Å². The van der Waals surface area contributed by atoms with E-state index in [4.69, 9.17) is 0 Å². The third-order valence-corrected chi connectivity index (χ3v) is 11.3. The van der Waals surface area contributed by atoms with E-state index >= 15 is 0 Å². The first-order valence-corrected chi connectivity index (χ1v) is 16.6. The molecule has 2 amide bonds. The van der Waals surface area contributed by atoms with Crippen LogP contribution in [0.15, 0.2) is 72.3 Å². The molecule has 2 atom stereocenters. The van der Waals surface area contributed by atoms with Crippen LogP contribution in [-0.4, -0.2) is 83.4 Å². The van der Waals surface area contributed by atoms with Crippen LogP contribution < -0.4 is 0 Å². The molecule has 1 aliphatic carbocycles. The van der Waals surface area contributed by atoms with Crippen molar-refractivity contribution in [2.45, 2.75) is 70.8 Å². The Morgan fingerprint density at radius 2 is 1.53 bits per heavy atom. The van der Waals surface area contributed by atoms with Gasteiger partial charge in [0.2, 0.25) is 11.8 Å². The van der Waals surface area contributed by atoms with Crippen LogP contribution in [0.3, 0.4) is 0 Å². The van der Waals surface area contributed by atoms with Gasteiger partial charge in [-0.2, -0.15) is 0 Å². The molecule has 2 aromatic rings. The number of likely N-dealkylation sites (N-methyl/N-ethyl adjacent to an activating group) is 1. The van der Waals surface area contributed by atoms with Crippen LogP contribution in [-0.2, 0) is 15.0 Å². The average molecular weight is 610 g/mol. The van der Waals surface area contributed by atoms with Gasteiger partial charge in [0, 0.05) is 37.0 Å². The van der Waals surface area contributed by atoms with Gasteiger partial charge in [0.15, 0.2) is 0 Å². The zero-order chi connectivity index (χ0) is 32.0. The Hall–Kier alpha value is -3.71. The summed E-state index contributed by atoms with van der Waals surface area (Å²) in [6, 6.07) is 17.3. The molecule has 2 aromatic carbocycles. The topological polar surface area (TPSA) is 81.2 Å². The number of fused-ring (bicyclic) bond motifs is 1. The number of hydrogen-bond donors (Lipinski definition) is 1. The fourth-order valence-corrected chi connectivity index (χ4v) is 8.75. The molecule has 1 N–H and O–H groups in total. The Balaban J connectivity index is 1.24. The van der Waals surface area contributed by atoms with Gasteiger partial charge in [-0.3, -0.25) is 14.5 Å². The molecule has 0 aromatic heterocycles. The van der Waals surface area contributed by atoms with Crippen LogP contribution in [0.1, 0.15) is 80.8 Å². The zero-order valence-electron chi connectivity index (χ0n) is 27.2. The molecule has 0 saturated carbocycles. The lowest BCUT2D eigenvalue weighted by Crippen LogP contribution is -2.59. The number of carbonyl (C=O) groups is 3. The van der Waals surface area contributed by atoms with Crippen LogP contribution in [0.5, 0.6) is 0 Å². The quantitative estimate of drug-likeness (QED) is 0.420. The Morgan fingerprint density at radius 3 is 2.18 bits per heavy atom. The second-order valence-electron chi connectivity index (χ2n) is 14.5. The smallest absolute Gasteiger partial charge is 0.335 e. The molecule has 2 saturated heterocycles. The van der Waals surface area contributed by atoms with Gasteiger partial charge in [-0.05, 0) is 74.5 Å². The highest BCUT2D eigenvalue weighted by atomic mass is 16.4. The molecule has 3 aliphatic heterocycles. The SMILES string of the molecule is CN1CCCCC1C(=O)N1CCC(C(=O)N2CC=C3C(C)(C)C(c4ccc(C(=O)O)cc4)=CC[C@]3(C)C2)(c2ccccc2)CC1. The van der Waals surface area contributed by atoms with E-state index < -0.39 is 11.4 Å². The maximum atomic E-state index is 14.8. The van der Waals surface area contributed by atoms with Gasteiger partial charge < -0.3 is 14.9 Å². The minimum Gasteiger partial charge on any atom is -0.478 e. The van der Waals surface area contributed by atoms with Gasteiger partial charge in [-0.1, -0.05) is 87.4 Å². The summed E-state index contributed by atoms with van der Waals surface area (Å²) >= 11 is 0. The highest BCUT2D eigenvalue weighted by Crippen LogP contribution is 2.55. The molecule has 6 rings (SSSR count). The minimum absolute atomic E-state index is 0.0491. The van der Waals surface area contributed by atoms with Crippen LogP contribution in [0, 0.1) is 10.8 Å². The predicted molar refractivity (Wildman–Crippen MR) is 177 cm³/mol. The summed E-state index contributed by atoms with van der Waals surface area (Å²) in [5, 5.41) is 9.36. The van der Waals surface area contributed by atoms with Crippen molar-refractivity contribution in [2.24, 2.45) is 10.8 Å². The summed E-state index contributed by atoms with van der Waals surface area (Å²) in [7, 11) is 2.06. The molecule has 4 aliphatic rings. The van der Waals surface area contributed by atoms with Crippen molar-refractivity contribution in [1.29, 1.82) is 0 Å². The van der Waals surface area contributed by atoms with Crippen molar-refractivity contribution >= 4 is 23.4 Å². The van der Waals surface area contributed by atoms with Gasteiger partial charge in [0.25, 0.3) is 0 Å². The number of allylic oxidation sites excluding steroid dienone is 2. The standard InChI is InChI=1S/C38H47N3O4/c1-36(2)30(27-13-15-28(16-14-27)34(43)44)17-19-37(3)26-41(23-18-32(36)37)35(45)38(29-10-6-5-7-11-29)20-24-40(25-21-38)33(42)31-12-8-9-22-39(31)4/h5-7,10-11,13-18,31H,8-9,12,19-26H2,1-4H3,(H,43,44)/t31?,37-/m1/s1. The molecule has 45 heavy (non-hydrogen) atoms. The molecular weight excluding hydrogens is 562 g/mol. The number of carbonyl (C=O) groups excluding carboxylic acids is 2. The Kier molecular flexibility index (Phi) is 8.27. The third-order valence-electron chi connectivity index (χ3n) is 11.3. The molecule has 1 unspecified atom stereocenters. The van der Waals surface area contributed by atoms with Gasteiger partial charge in [-0.25, -0.2) is 4.79 Å². The van der Waals surface area contributed by atoms with Crippen molar-refractivity contribution in [2.75, 3.05) is 39.8 Å². The van der Waals surface area contributed by atoms with E-state index in [0.29, 0.717) is 39.0 Å². The van der Waals surface area contributed by atoms with Crippen molar-refractivity contribution < 1.29 is 19.5 Å². The number of aromatic carboxylic acids is 1. The van der Waals surface area contributed by atoms with Gasteiger partial charge in [0.05, 0.1) is 17.0 Å². The van der Waals surface area contributed by atoms with Crippen LogP contribution in [0.25, 0.3) is 5.57 Å². The second kappa shape index (κ2) is 11.9. The zero-order valence-corrected chi connectivity index (χ0v) is 27.2. The maximum Gasteiger partial charge on any atom is 0.335 e. The number of rotatable bonds is 5. The molecule has 7 nitrogen and oxygen atoms in total. The average Bonchev–Trinajstić information content (AvgIpc) is 3.04. The van der Waals surface area contributed by atoms with Gasteiger partial charge >= 0.3 is 5.97 Å². The largest absolute Gasteiger partial charge is 0.478 e. The first-order valence-electron chi connectivity index (χ1n) is 16.6. The fourth-order valence-electron chi connectivity index (χ4n) is 8.75. The van der Waals surface area contributed by atoms with E-state index in [9.17, 15) is 19.5 Å². The summed E-state index contributed by atoms with van der Waals surface area (Å²) in [6.07, 6.45) is 9.77. The summed E-state index contributed by atoms with van der Waals surface area (Å²) in [4.78, 5) is 46.0. The monoisotopic (exact) mass is 609 g/mol. The Bertz CT molecular complexity index is 1520. The molecular formula is C38H47N3O4. The number of nitrogens with zero attached hydrogens (tertiary/aromatic N) is 3. The highest BCUT2D eigenvalue weighted by molar-refractivity contribution is 5.90. The summed E-state index contributed by atoms with van der Waals surface area (Å²) in [5.74, 6) is -0.536. The lowest BCUT2D eigenvalue weighted by molar-refractivity contribution is -0.146. The first kappa shape index (κ1) is 31.3. The number of likely N-dealkylation sites (tertiary alicyclic amines) is 2. The molecule has 0 bridgehead atoms. The highest BCUT2D eigenvalue weighted by Gasteiger charge is 2.51. The lowest BCUT2D eigenvalue weighted by Gasteiger charge is -2.52. The minimum atomic E-state index is -0.923. The van der Waals surface area contributed by atoms with E-state index in [-0.39, 0.29) is 34.2 Å². The maximum absolute atomic E-state index is 14.8. The lowest BCUT2D eigenvalue weighted by atomic mass is 9.58. The molecule has 2 fully saturated rings. The molecule has 0 spiro atoms. The number of amides is 2. The van der Waals surface area contributed by atoms with Gasteiger partial charge in [-0.15, -0.1) is 0 Å². The van der Waals surface area contributed by atoms with E-state index in [1.807, 2.05) is 35.2 Å². The third kappa shape index (κ3) is 5.54. The number of benzene rings is 2. The number of carboxylic acids is 1. The molecule has 3 heterocycles. The normalized spacial score (nSPS) is 26.4.